The molecule has 208 valence electrons. The summed E-state index contributed by atoms with van der Waals surface area (Å²) >= 11 is 12.8. The zero-order valence-corrected chi connectivity index (χ0v) is 22.7. The van der Waals surface area contributed by atoms with E-state index in [0.29, 0.717) is 5.56 Å². The van der Waals surface area contributed by atoms with E-state index >= 15 is 0 Å². The van der Waals surface area contributed by atoms with Gasteiger partial charge in [-0.15, -0.1) is 23.2 Å². The van der Waals surface area contributed by atoms with Crippen molar-refractivity contribution in [2.45, 2.75) is 74.1 Å². The van der Waals surface area contributed by atoms with E-state index in [1.54, 1.807) is 44.2 Å². The van der Waals surface area contributed by atoms with E-state index in [-0.39, 0.29) is 25.8 Å². The molecule has 1 aromatic rings. The van der Waals surface area contributed by atoms with Crippen LogP contribution in [0.2, 0.25) is 0 Å². The number of halogens is 2. The summed E-state index contributed by atoms with van der Waals surface area (Å²) in [5.74, 6) is -3.16. The highest BCUT2D eigenvalue weighted by Crippen LogP contribution is 2.29. The molecule has 11 nitrogen and oxygen atoms in total. The number of aliphatic hydroxyl groups is 1. The number of nitrogens with one attached hydrogen (secondary N) is 4. The van der Waals surface area contributed by atoms with Crippen LogP contribution in [-0.2, 0) is 24.0 Å². The van der Waals surface area contributed by atoms with Crippen LogP contribution in [0.5, 0.6) is 0 Å². The lowest BCUT2D eigenvalue weighted by molar-refractivity contribution is -0.142. The van der Waals surface area contributed by atoms with Crippen molar-refractivity contribution >= 4 is 52.7 Å². The molecule has 5 amide bonds. The molecule has 2 aliphatic heterocycles. The molecule has 0 aromatic heterocycles. The molecule has 0 radical (unpaired) electrons. The van der Waals surface area contributed by atoms with E-state index in [2.05, 4.69) is 21.3 Å². The molecule has 2 heterocycles. The standard InChI is InChI=1S/C25H33Cl2N5O6/c1-3-15-22(35)31-18(12-33)23(36)30-17(13-8-6-5-7-9-13)10-19(34)28-16(4-2)25(38)32-11-14(26)20(27)21(32)24(37)29-15/h5-9,14-18,20-21,33H,3-4,10-12H2,1-2H3,(H,28,34)(H,29,37)(H,30,36)(H,31,35)/t14-,15+,16+,17-,18-,20-,21+/m0/s1. The first-order valence-corrected chi connectivity index (χ1v) is 13.4. The average Bonchev–Trinajstić information content (AvgIpc) is 3.21. The quantitative estimate of drug-likeness (QED) is 0.320. The van der Waals surface area contributed by atoms with Gasteiger partial charge in [-0.25, -0.2) is 0 Å². The Bertz CT molecular complexity index is 1040. The van der Waals surface area contributed by atoms with Gasteiger partial charge in [-0.2, -0.15) is 0 Å². The summed E-state index contributed by atoms with van der Waals surface area (Å²) in [6.45, 7) is 2.64. The lowest BCUT2D eigenvalue weighted by Gasteiger charge is -2.31. The molecule has 0 spiro atoms. The summed E-state index contributed by atoms with van der Waals surface area (Å²) < 4.78 is 0. The van der Waals surface area contributed by atoms with Crippen molar-refractivity contribution in [3.8, 4) is 0 Å². The van der Waals surface area contributed by atoms with Crippen LogP contribution in [0.1, 0.15) is 44.7 Å². The van der Waals surface area contributed by atoms with E-state index in [9.17, 15) is 29.1 Å². The molecule has 5 N–H and O–H groups in total. The van der Waals surface area contributed by atoms with Gasteiger partial charge in [0.25, 0.3) is 0 Å². The molecule has 3 rings (SSSR count). The Morgan fingerprint density at radius 2 is 1.45 bits per heavy atom. The van der Waals surface area contributed by atoms with Gasteiger partial charge in [-0.05, 0) is 18.4 Å². The van der Waals surface area contributed by atoms with Crippen molar-refractivity contribution in [1.29, 1.82) is 0 Å². The second kappa shape index (κ2) is 13.3. The molecule has 0 unspecified atom stereocenters. The summed E-state index contributed by atoms with van der Waals surface area (Å²) in [6.07, 6.45) is 0.170. The molecular weight excluding hydrogens is 537 g/mol. The number of carbonyl (C=O) groups excluding carboxylic acids is 5. The number of hydrogen-bond donors (Lipinski definition) is 5. The van der Waals surface area contributed by atoms with E-state index in [1.165, 1.54) is 4.90 Å². The maximum atomic E-state index is 13.5. The van der Waals surface area contributed by atoms with Crippen molar-refractivity contribution in [1.82, 2.24) is 26.2 Å². The third-order valence-corrected chi connectivity index (χ3v) is 7.79. The summed E-state index contributed by atoms with van der Waals surface area (Å²) in [4.78, 5) is 67.0. The zero-order chi connectivity index (χ0) is 28.0. The lowest BCUT2D eigenvalue weighted by atomic mass is 10.0. The molecule has 2 saturated heterocycles. The number of hydrogen-bond acceptors (Lipinski definition) is 6. The van der Waals surface area contributed by atoms with E-state index < -0.39 is 77.1 Å². The average molecular weight is 570 g/mol. The third kappa shape index (κ3) is 6.75. The number of alkyl halides is 2. The molecule has 13 heteroatoms. The van der Waals surface area contributed by atoms with Gasteiger partial charge in [-0.1, -0.05) is 44.2 Å². The lowest BCUT2D eigenvalue weighted by Crippen LogP contribution is -2.60. The summed E-state index contributed by atoms with van der Waals surface area (Å²) in [6, 6.07) is 3.36. The molecule has 2 fully saturated rings. The van der Waals surface area contributed by atoms with Crippen LogP contribution in [-0.4, -0.2) is 87.6 Å². The summed E-state index contributed by atoms with van der Waals surface area (Å²) in [7, 11) is 0. The number of rotatable bonds is 4. The van der Waals surface area contributed by atoms with Crippen molar-refractivity contribution < 1.29 is 29.1 Å². The van der Waals surface area contributed by atoms with Crippen LogP contribution in [0.25, 0.3) is 0 Å². The highest BCUT2D eigenvalue weighted by molar-refractivity contribution is 6.32. The van der Waals surface area contributed by atoms with Crippen LogP contribution in [0, 0.1) is 0 Å². The number of benzene rings is 1. The Morgan fingerprint density at radius 3 is 2.05 bits per heavy atom. The minimum absolute atomic E-state index is 0.0166. The number of carbonyl (C=O) groups is 5. The number of nitrogens with zero attached hydrogens (tertiary/aromatic N) is 1. The summed E-state index contributed by atoms with van der Waals surface area (Å²) in [5.41, 5.74) is 0.618. The third-order valence-electron chi connectivity index (χ3n) is 6.71. The minimum atomic E-state index is -1.34. The smallest absolute Gasteiger partial charge is 0.245 e. The molecule has 1 aromatic carbocycles. The van der Waals surface area contributed by atoms with Gasteiger partial charge in [0.2, 0.25) is 29.5 Å². The van der Waals surface area contributed by atoms with Crippen LogP contribution in [0.4, 0.5) is 0 Å². The first-order chi connectivity index (χ1) is 18.1. The molecule has 7 atom stereocenters. The fraction of sp³-hybridized carbons (Fsp3) is 0.560. The van der Waals surface area contributed by atoms with E-state index in [1.807, 2.05) is 0 Å². The SMILES string of the molecule is CC[C@H]1NC(=O)[C@H]2[C@@H](Cl)[C@@H](Cl)CN2C(=O)[C@@H](CC)NC(=O)C[C@@H](c2ccccc2)NC(=O)[C@H](CO)NC1=O. The van der Waals surface area contributed by atoms with Crippen molar-refractivity contribution in [3.05, 3.63) is 35.9 Å². The van der Waals surface area contributed by atoms with E-state index in [4.69, 9.17) is 23.2 Å². The van der Waals surface area contributed by atoms with Crippen LogP contribution in [0.3, 0.4) is 0 Å². The molecule has 38 heavy (non-hydrogen) atoms. The van der Waals surface area contributed by atoms with Crippen molar-refractivity contribution in [2.24, 2.45) is 0 Å². The van der Waals surface area contributed by atoms with Gasteiger partial charge in [-0.3, -0.25) is 24.0 Å². The first kappa shape index (κ1) is 29.7. The molecule has 0 aliphatic carbocycles. The molecular formula is C25H33Cl2N5O6. The summed E-state index contributed by atoms with van der Waals surface area (Å²) in [5, 5.41) is 18.6. The van der Waals surface area contributed by atoms with Crippen LogP contribution < -0.4 is 21.3 Å². The maximum absolute atomic E-state index is 13.5. The Hall–Kier alpha value is -2.89. The zero-order valence-electron chi connectivity index (χ0n) is 21.2. The number of amides is 5. The van der Waals surface area contributed by atoms with Gasteiger partial charge in [0.1, 0.15) is 24.2 Å². The van der Waals surface area contributed by atoms with Crippen molar-refractivity contribution in [3.63, 3.8) is 0 Å². The second-order valence-corrected chi connectivity index (χ2v) is 10.4. The molecule has 0 saturated carbocycles. The Morgan fingerprint density at radius 1 is 0.842 bits per heavy atom. The largest absolute Gasteiger partial charge is 0.394 e. The fourth-order valence-electron chi connectivity index (χ4n) is 4.55. The Kier molecular flexibility index (Phi) is 10.3. The maximum Gasteiger partial charge on any atom is 0.245 e. The Balaban J connectivity index is 2.00. The first-order valence-electron chi connectivity index (χ1n) is 12.6. The Labute approximate surface area is 231 Å². The van der Waals surface area contributed by atoms with Crippen LogP contribution in [0.15, 0.2) is 30.3 Å². The van der Waals surface area contributed by atoms with Gasteiger partial charge in [0.15, 0.2) is 0 Å². The van der Waals surface area contributed by atoms with Gasteiger partial charge in [0.05, 0.1) is 29.8 Å². The van der Waals surface area contributed by atoms with E-state index in [0.717, 1.165) is 0 Å². The predicted octanol–water partition coefficient (Wildman–Crippen LogP) is -0.0601. The van der Waals surface area contributed by atoms with Crippen molar-refractivity contribution in [2.75, 3.05) is 13.2 Å². The molecule has 0 bridgehead atoms. The molecule has 2 aliphatic rings. The minimum Gasteiger partial charge on any atom is -0.394 e. The van der Waals surface area contributed by atoms with Gasteiger partial charge < -0.3 is 31.3 Å². The second-order valence-electron chi connectivity index (χ2n) is 9.31. The normalized spacial score (nSPS) is 31.7. The topological polar surface area (TPSA) is 157 Å². The monoisotopic (exact) mass is 569 g/mol. The van der Waals surface area contributed by atoms with Gasteiger partial charge in [0, 0.05) is 6.54 Å². The highest BCUT2D eigenvalue weighted by atomic mass is 35.5. The predicted molar refractivity (Wildman–Crippen MR) is 140 cm³/mol. The highest BCUT2D eigenvalue weighted by Gasteiger charge is 2.48. The van der Waals surface area contributed by atoms with Gasteiger partial charge >= 0.3 is 0 Å². The van der Waals surface area contributed by atoms with Crippen LogP contribution >= 0.6 is 23.2 Å². The fourth-order valence-corrected chi connectivity index (χ4v) is 5.17. The number of aliphatic hydroxyl groups excluding tert-OH is 1. The number of fused-ring (bicyclic) bond motifs is 1.